The molecule has 0 bridgehead atoms. The SMILES string of the molecule is CCCCCCCCCCCCCCC(Cc1scc2c1CN(C1CCC(=O)NC1=O)C2=O)C(N)=O. The molecule has 0 spiro atoms. The molecule has 8 heteroatoms. The summed E-state index contributed by atoms with van der Waals surface area (Å²) in [5.41, 5.74) is 7.28. The smallest absolute Gasteiger partial charge is 0.256 e. The molecule has 0 aromatic carbocycles. The van der Waals surface area contributed by atoms with Crippen molar-refractivity contribution in [2.45, 2.75) is 122 Å². The Balaban J connectivity index is 1.39. The van der Waals surface area contributed by atoms with Crippen LogP contribution in [0.25, 0.3) is 0 Å². The van der Waals surface area contributed by atoms with Crippen LogP contribution in [0, 0.1) is 5.92 Å². The lowest BCUT2D eigenvalue weighted by atomic mass is 9.94. The van der Waals surface area contributed by atoms with Gasteiger partial charge in [-0.2, -0.15) is 0 Å². The van der Waals surface area contributed by atoms with Crippen LogP contribution < -0.4 is 11.1 Å². The molecule has 3 N–H and O–H groups in total. The molecule has 1 saturated heterocycles. The topological polar surface area (TPSA) is 110 Å². The molecule has 1 aromatic rings. The molecule has 2 aliphatic heterocycles. The quantitative estimate of drug-likeness (QED) is 0.217. The van der Waals surface area contributed by atoms with Crippen molar-refractivity contribution in [1.82, 2.24) is 10.2 Å². The van der Waals surface area contributed by atoms with Crippen molar-refractivity contribution in [1.29, 1.82) is 0 Å². The molecule has 4 amide bonds. The number of hydrogen-bond donors (Lipinski definition) is 2. The monoisotopic (exact) mass is 517 g/mol. The van der Waals surface area contributed by atoms with Crippen LogP contribution in [-0.2, 0) is 27.3 Å². The minimum Gasteiger partial charge on any atom is -0.369 e. The van der Waals surface area contributed by atoms with Crippen LogP contribution in [0.15, 0.2) is 5.38 Å². The number of hydrogen-bond acceptors (Lipinski definition) is 5. The van der Waals surface area contributed by atoms with Gasteiger partial charge in [0.2, 0.25) is 17.7 Å². The molecule has 3 heterocycles. The molecular weight excluding hydrogens is 474 g/mol. The number of carbonyl (C=O) groups excluding carboxylic acids is 4. The van der Waals surface area contributed by atoms with E-state index in [4.69, 9.17) is 5.73 Å². The highest BCUT2D eigenvalue weighted by Crippen LogP contribution is 2.35. The number of rotatable bonds is 17. The van der Waals surface area contributed by atoms with Crippen molar-refractivity contribution in [3.8, 4) is 0 Å². The number of primary amides is 1. The summed E-state index contributed by atoms with van der Waals surface area (Å²) in [4.78, 5) is 51.4. The van der Waals surface area contributed by atoms with E-state index in [-0.39, 0.29) is 30.1 Å². The van der Waals surface area contributed by atoms with Gasteiger partial charge in [-0.15, -0.1) is 11.3 Å². The number of carbonyl (C=O) groups is 4. The van der Waals surface area contributed by atoms with Gasteiger partial charge in [0.1, 0.15) is 6.04 Å². The summed E-state index contributed by atoms with van der Waals surface area (Å²) in [5, 5.41) is 4.17. The predicted octanol–water partition coefficient (Wildman–Crippen LogP) is 5.24. The molecule has 200 valence electrons. The number of piperidine rings is 1. The van der Waals surface area contributed by atoms with E-state index in [1.165, 1.54) is 75.5 Å². The summed E-state index contributed by atoms with van der Waals surface area (Å²) < 4.78 is 0. The number of nitrogens with zero attached hydrogens (tertiary/aromatic N) is 1. The third kappa shape index (κ3) is 7.89. The average molecular weight is 518 g/mol. The summed E-state index contributed by atoms with van der Waals surface area (Å²) in [6.07, 6.45) is 17.2. The highest BCUT2D eigenvalue weighted by Gasteiger charge is 2.40. The van der Waals surface area contributed by atoms with Gasteiger partial charge in [-0.1, -0.05) is 84.0 Å². The van der Waals surface area contributed by atoms with Gasteiger partial charge in [0.25, 0.3) is 5.91 Å². The van der Waals surface area contributed by atoms with Gasteiger partial charge in [-0.25, -0.2) is 0 Å². The molecule has 1 fully saturated rings. The van der Waals surface area contributed by atoms with Crippen LogP contribution in [0.2, 0.25) is 0 Å². The first-order valence-corrected chi connectivity index (χ1v) is 14.8. The van der Waals surface area contributed by atoms with Gasteiger partial charge < -0.3 is 10.6 Å². The van der Waals surface area contributed by atoms with Gasteiger partial charge in [-0.05, 0) is 24.8 Å². The third-order valence-electron chi connectivity index (χ3n) is 7.63. The first-order valence-electron chi connectivity index (χ1n) is 14.0. The van der Waals surface area contributed by atoms with Crippen LogP contribution in [0.1, 0.15) is 124 Å². The van der Waals surface area contributed by atoms with Crippen molar-refractivity contribution in [2.24, 2.45) is 11.7 Å². The Labute approximate surface area is 219 Å². The summed E-state index contributed by atoms with van der Waals surface area (Å²) in [6.45, 7) is 2.60. The number of fused-ring (bicyclic) bond motifs is 1. The van der Waals surface area contributed by atoms with Crippen molar-refractivity contribution in [3.63, 3.8) is 0 Å². The largest absolute Gasteiger partial charge is 0.369 e. The Kier molecular flexibility index (Phi) is 11.4. The Morgan fingerprint density at radius 3 is 2.22 bits per heavy atom. The number of imide groups is 1. The fourth-order valence-electron chi connectivity index (χ4n) is 5.38. The van der Waals surface area contributed by atoms with Crippen LogP contribution in [0.3, 0.4) is 0 Å². The molecule has 2 aliphatic rings. The van der Waals surface area contributed by atoms with Gasteiger partial charge in [0.05, 0.1) is 5.56 Å². The summed E-state index contributed by atoms with van der Waals surface area (Å²) >= 11 is 1.50. The second kappa shape index (κ2) is 14.5. The van der Waals surface area contributed by atoms with Crippen LogP contribution in [-0.4, -0.2) is 34.6 Å². The lowest BCUT2D eigenvalue weighted by Gasteiger charge is -2.29. The van der Waals surface area contributed by atoms with Gasteiger partial charge in [0.15, 0.2) is 0 Å². The first-order chi connectivity index (χ1) is 17.4. The molecule has 2 atom stereocenters. The molecule has 2 unspecified atom stereocenters. The summed E-state index contributed by atoms with van der Waals surface area (Å²) in [6, 6.07) is -0.617. The van der Waals surface area contributed by atoms with Gasteiger partial charge in [-0.3, -0.25) is 24.5 Å². The molecule has 36 heavy (non-hydrogen) atoms. The van der Waals surface area contributed by atoms with Crippen LogP contribution in [0.4, 0.5) is 0 Å². The third-order valence-corrected chi connectivity index (χ3v) is 8.68. The Morgan fingerprint density at radius 2 is 1.64 bits per heavy atom. The number of nitrogens with one attached hydrogen (secondary N) is 1. The first kappa shape index (κ1) is 28.4. The average Bonchev–Trinajstić information content (AvgIpc) is 3.38. The highest BCUT2D eigenvalue weighted by molar-refractivity contribution is 7.10. The number of thiophene rings is 1. The summed E-state index contributed by atoms with van der Waals surface area (Å²) in [7, 11) is 0. The zero-order valence-electron chi connectivity index (χ0n) is 21.8. The predicted molar refractivity (Wildman–Crippen MR) is 142 cm³/mol. The molecular formula is C28H43N3O4S. The van der Waals surface area contributed by atoms with Crippen LogP contribution >= 0.6 is 11.3 Å². The molecule has 0 aliphatic carbocycles. The minimum atomic E-state index is -0.617. The normalized spacial score (nSPS) is 18.4. The maximum absolute atomic E-state index is 12.9. The fourth-order valence-corrected chi connectivity index (χ4v) is 6.49. The maximum Gasteiger partial charge on any atom is 0.256 e. The van der Waals surface area contributed by atoms with Gasteiger partial charge >= 0.3 is 0 Å². The van der Waals surface area contributed by atoms with E-state index in [0.717, 1.165) is 29.7 Å². The standard InChI is InChI=1S/C28H43N3O4S/c1-2-3-4-5-6-7-8-9-10-11-12-13-14-20(26(29)33)17-24-21-18-31(28(35)22(21)19-36-24)23-15-16-25(32)30-27(23)34/h19-20,23H,2-18H2,1H3,(H2,29,33)(H,30,32,34). The molecule has 3 rings (SSSR count). The highest BCUT2D eigenvalue weighted by atomic mass is 32.1. The van der Waals surface area contributed by atoms with E-state index >= 15 is 0 Å². The number of nitrogens with two attached hydrogens (primary N) is 1. The van der Waals surface area contributed by atoms with Crippen molar-refractivity contribution < 1.29 is 19.2 Å². The Morgan fingerprint density at radius 1 is 1.03 bits per heavy atom. The van der Waals surface area contributed by atoms with E-state index in [0.29, 0.717) is 24.9 Å². The van der Waals surface area contributed by atoms with E-state index in [1.807, 2.05) is 5.38 Å². The van der Waals surface area contributed by atoms with E-state index in [1.54, 1.807) is 4.90 Å². The second-order valence-electron chi connectivity index (χ2n) is 10.4. The minimum absolute atomic E-state index is 0.168. The Hall–Kier alpha value is -2.22. The van der Waals surface area contributed by atoms with E-state index < -0.39 is 11.9 Å². The number of amides is 4. The molecule has 0 saturated carbocycles. The second-order valence-corrected chi connectivity index (χ2v) is 11.4. The molecule has 1 aromatic heterocycles. The molecule has 7 nitrogen and oxygen atoms in total. The lowest BCUT2D eigenvalue weighted by Crippen LogP contribution is -2.52. The van der Waals surface area contributed by atoms with Crippen LogP contribution in [0.5, 0.6) is 0 Å². The zero-order chi connectivity index (χ0) is 25.9. The van der Waals surface area contributed by atoms with Crippen molar-refractivity contribution in [3.05, 3.63) is 21.4 Å². The lowest BCUT2D eigenvalue weighted by molar-refractivity contribution is -0.137. The van der Waals surface area contributed by atoms with E-state index in [2.05, 4.69) is 12.2 Å². The Bertz CT molecular complexity index is 913. The number of unbranched alkanes of at least 4 members (excludes halogenated alkanes) is 11. The maximum atomic E-state index is 12.9. The van der Waals surface area contributed by atoms with E-state index in [9.17, 15) is 19.2 Å². The summed E-state index contributed by atoms with van der Waals surface area (Å²) in [5.74, 6) is -1.39. The zero-order valence-corrected chi connectivity index (χ0v) is 22.6. The van der Waals surface area contributed by atoms with Crippen molar-refractivity contribution >= 4 is 35.0 Å². The van der Waals surface area contributed by atoms with Crippen molar-refractivity contribution in [2.75, 3.05) is 0 Å². The molecule has 0 radical (unpaired) electrons. The van der Waals surface area contributed by atoms with Gasteiger partial charge in [0, 0.05) is 29.1 Å². The fraction of sp³-hybridized carbons (Fsp3) is 0.714.